The number of aromatic nitrogens is 2. The Kier molecular flexibility index (Phi) is 7.11. The number of pyridine rings is 1. The minimum absolute atomic E-state index is 0.0835. The number of nitriles is 1. The van der Waals surface area contributed by atoms with Crippen LogP contribution in [-0.4, -0.2) is 25.7 Å². The molecule has 8 nitrogen and oxygen atoms in total. The highest BCUT2D eigenvalue weighted by molar-refractivity contribution is 7.90. The smallest absolute Gasteiger partial charge is 0.272 e. The highest BCUT2D eigenvalue weighted by Gasteiger charge is 2.31. The summed E-state index contributed by atoms with van der Waals surface area (Å²) in [5, 5.41) is 11.6. The van der Waals surface area contributed by atoms with Crippen LogP contribution in [0.4, 0.5) is 10.1 Å². The van der Waals surface area contributed by atoms with Gasteiger partial charge in [0.05, 0.1) is 4.90 Å². The van der Waals surface area contributed by atoms with E-state index in [9.17, 15) is 13.4 Å². The second kappa shape index (κ2) is 9.63. The Morgan fingerprint density at radius 1 is 1.41 bits per heavy atom. The van der Waals surface area contributed by atoms with Gasteiger partial charge in [0.1, 0.15) is 27.4 Å². The van der Waals surface area contributed by atoms with Gasteiger partial charge in [0, 0.05) is 36.6 Å². The van der Waals surface area contributed by atoms with Crippen molar-refractivity contribution in [3.63, 3.8) is 0 Å². The lowest BCUT2D eigenvalue weighted by Crippen LogP contribution is -2.37. The van der Waals surface area contributed by atoms with Crippen molar-refractivity contribution < 1.29 is 13.4 Å². The van der Waals surface area contributed by atoms with Crippen LogP contribution in [-0.2, 0) is 17.0 Å². The van der Waals surface area contributed by atoms with E-state index in [0.717, 1.165) is 31.7 Å². The average Bonchev–Trinajstić information content (AvgIpc) is 3.01. The number of nitrogens with one attached hydrogen (secondary N) is 3. The minimum Gasteiger partial charge on any atom is -0.345 e. The molecule has 0 saturated heterocycles. The first kappa shape index (κ1) is 23.6. The molecule has 3 rings (SSSR count). The predicted octanol–water partition coefficient (Wildman–Crippen LogP) is 4.21. The summed E-state index contributed by atoms with van der Waals surface area (Å²) in [5.74, 6) is -1.23. The molecule has 0 saturated carbocycles. The van der Waals surface area contributed by atoms with Crippen molar-refractivity contribution in [3.8, 4) is 6.07 Å². The number of amides is 1. The van der Waals surface area contributed by atoms with Crippen molar-refractivity contribution in [2.75, 3.05) is 5.32 Å². The van der Waals surface area contributed by atoms with Crippen molar-refractivity contribution in [2.24, 2.45) is 13.0 Å². The molecule has 0 aliphatic carbocycles. The summed E-state index contributed by atoms with van der Waals surface area (Å²) in [6.07, 6.45) is 8.97. The molecule has 1 aliphatic rings. The first-order chi connectivity index (χ1) is 15.2. The summed E-state index contributed by atoms with van der Waals surface area (Å²) in [4.78, 5) is 16.7. The molecule has 170 valence electrons. The number of carbonyl (C=O) groups is 1. The number of nitrogens with zero attached hydrogens (tertiary/aromatic N) is 3. The fraction of sp³-hybridized carbons (Fsp3) is 0.409. The first-order valence-corrected chi connectivity index (χ1v) is 12.1. The Morgan fingerprint density at radius 2 is 2.09 bits per heavy atom. The lowest BCUT2D eigenvalue weighted by Gasteiger charge is -2.25. The maximum Gasteiger partial charge on any atom is 0.272 e. The maximum atomic E-state index is 13.7. The van der Waals surface area contributed by atoms with Crippen molar-refractivity contribution in [3.05, 3.63) is 47.3 Å². The van der Waals surface area contributed by atoms with E-state index in [0.29, 0.717) is 5.56 Å². The number of hydrogen-bond acceptors (Lipinski definition) is 5. The van der Waals surface area contributed by atoms with Crippen LogP contribution in [0.1, 0.15) is 61.3 Å². The monoisotopic (exact) mass is 458 g/mol. The molecule has 0 bridgehead atoms. The molecule has 0 radical (unpaired) electrons. The van der Waals surface area contributed by atoms with Gasteiger partial charge in [0.2, 0.25) is 5.95 Å². The van der Waals surface area contributed by atoms with Gasteiger partial charge in [-0.05, 0) is 24.8 Å². The lowest BCUT2D eigenvalue weighted by molar-refractivity contribution is 0.101. The Hall–Kier alpha value is -3.03. The van der Waals surface area contributed by atoms with Crippen molar-refractivity contribution >= 4 is 27.6 Å². The summed E-state index contributed by atoms with van der Waals surface area (Å²) in [6.45, 7) is 4.19. The number of halogens is 1. The molecule has 1 amide bonds. The average molecular weight is 459 g/mol. The highest BCUT2D eigenvalue weighted by atomic mass is 32.2. The summed E-state index contributed by atoms with van der Waals surface area (Å²) < 4.78 is 40.0. The molecule has 1 aliphatic heterocycles. The molecule has 3 heterocycles. The van der Waals surface area contributed by atoms with Crippen LogP contribution in [0.25, 0.3) is 6.08 Å². The van der Waals surface area contributed by atoms with E-state index in [1.807, 2.05) is 6.08 Å². The predicted molar refractivity (Wildman–Crippen MR) is 121 cm³/mol. The van der Waals surface area contributed by atoms with Gasteiger partial charge in [-0.2, -0.15) is 9.65 Å². The number of rotatable bonds is 7. The van der Waals surface area contributed by atoms with E-state index in [-0.39, 0.29) is 33.9 Å². The zero-order valence-electron chi connectivity index (χ0n) is 18.3. The molecule has 3 N–H and O–H groups in total. The van der Waals surface area contributed by atoms with Crippen molar-refractivity contribution in [1.29, 1.82) is 10.0 Å². The van der Waals surface area contributed by atoms with E-state index in [1.165, 1.54) is 16.8 Å². The van der Waals surface area contributed by atoms with E-state index in [4.69, 9.17) is 10.0 Å². The Morgan fingerprint density at radius 3 is 2.72 bits per heavy atom. The Bertz CT molecular complexity index is 1190. The van der Waals surface area contributed by atoms with E-state index in [1.54, 1.807) is 19.2 Å². The van der Waals surface area contributed by atoms with Gasteiger partial charge in [0.25, 0.3) is 5.91 Å². The largest absolute Gasteiger partial charge is 0.345 e. The molecular weight excluding hydrogens is 431 g/mol. The molecule has 32 heavy (non-hydrogen) atoms. The van der Waals surface area contributed by atoms with Gasteiger partial charge in [-0.3, -0.25) is 4.79 Å². The van der Waals surface area contributed by atoms with Gasteiger partial charge in [-0.1, -0.05) is 38.8 Å². The van der Waals surface area contributed by atoms with Crippen LogP contribution in [0.2, 0.25) is 0 Å². The number of carbonyl (C=O) groups excluding carboxylic acids is 1. The Labute approximate surface area is 187 Å². The maximum absolute atomic E-state index is 13.7. The molecular formula is C22H27FN6O2S. The number of fused-ring (bicyclic) bond motifs is 1. The number of anilines is 1. The van der Waals surface area contributed by atoms with Crippen molar-refractivity contribution in [1.82, 2.24) is 14.3 Å². The minimum atomic E-state index is -3.36. The molecule has 2 aromatic heterocycles. The number of hydrogen-bond donors (Lipinski definition) is 3. The SMILES string of the molecule is CCCC(CCC)[C@H]1C=Cc2c(cn(C)c2C(=O)Nc2cc(F)nc(C#N)c2)S(=N)(=O)N1. The third kappa shape index (κ3) is 4.89. The van der Waals surface area contributed by atoms with E-state index < -0.39 is 21.8 Å². The molecule has 10 heteroatoms. The summed E-state index contributed by atoms with van der Waals surface area (Å²) in [7, 11) is -1.74. The molecule has 1 unspecified atom stereocenters. The fourth-order valence-electron chi connectivity index (χ4n) is 4.10. The van der Waals surface area contributed by atoms with Crippen LogP contribution < -0.4 is 10.0 Å². The van der Waals surface area contributed by atoms with Crippen molar-refractivity contribution in [2.45, 2.75) is 50.5 Å². The standard InChI is InChI=1S/C22H27FN6O2S/c1-4-6-14(7-5-2)18-9-8-17-19(32(25,31)28-18)13-29(3)21(17)22(30)27-15-10-16(12-24)26-20(23)11-15/h8-11,13-14,18H,4-7H2,1-3H3,(H2,25,28,31)(H,26,27,30)/t18-,32?/m1/s1. The van der Waals surface area contributed by atoms with Crippen LogP contribution in [0.15, 0.2) is 29.3 Å². The van der Waals surface area contributed by atoms with Gasteiger partial charge in [0.15, 0.2) is 0 Å². The zero-order valence-corrected chi connectivity index (χ0v) is 19.1. The molecule has 2 aromatic rings. The summed E-state index contributed by atoms with van der Waals surface area (Å²) >= 11 is 0. The lowest BCUT2D eigenvalue weighted by atomic mass is 9.90. The van der Waals surface area contributed by atoms with E-state index in [2.05, 4.69) is 28.9 Å². The molecule has 2 atom stereocenters. The van der Waals surface area contributed by atoms with Gasteiger partial charge < -0.3 is 9.88 Å². The molecule has 0 spiro atoms. The van der Waals surface area contributed by atoms with Gasteiger partial charge in [-0.25, -0.2) is 18.7 Å². The second-order valence-electron chi connectivity index (χ2n) is 7.89. The topological polar surface area (TPSA) is 124 Å². The number of aryl methyl sites for hydroxylation is 1. The summed E-state index contributed by atoms with van der Waals surface area (Å²) in [5.41, 5.74) is 0.504. The first-order valence-electron chi connectivity index (χ1n) is 10.5. The normalized spacial score (nSPS) is 19.9. The van der Waals surface area contributed by atoms with Crippen LogP contribution >= 0.6 is 0 Å². The highest BCUT2D eigenvalue weighted by Crippen LogP contribution is 2.30. The Balaban J connectivity index is 2.00. The van der Waals surface area contributed by atoms with Gasteiger partial charge >= 0.3 is 0 Å². The summed E-state index contributed by atoms with van der Waals surface area (Å²) in [6, 6.07) is 3.78. The van der Waals surface area contributed by atoms with Crippen LogP contribution in [0, 0.1) is 28.0 Å². The fourth-order valence-corrected chi connectivity index (χ4v) is 5.66. The second-order valence-corrected chi connectivity index (χ2v) is 9.68. The zero-order chi connectivity index (χ0) is 23.5. The third-order valence-corrected chi connectivity index (χ3v) is 7.02. The van der Waals surface area contributed by atoms with Crippen LogP contribution in [0.5, 0.6) is 0 Å². The molecule has 0 aromatic carbocycles. The van der Waals surface area contributed by atoms with Gasteiger partial charge in [-0.15, -0.1) is 0 Å². The quantitative estimate of drug-likeness (QED) is 0.538. The third-order valence-electron chi connectivity index (χ3n) is 5.47. The molecule has 0 fully saturated rings. The van der Waals surface area contributed by atoms with Crippen LogP contribution in [0.3, 0.4) is 0 Å². The van der Waals surface area contributed by atoms with E-state index >= 15 is 0 Å².